The van der Waals surface area contributed by atoms with Gasteiger partial charge in [-0.3, -0.25) is 9.52 Å². The molecular weight excluding hydrogens is 578 g/mol. The summed E-state index contributed by atoms with van der Waals surface area (Å²) in [5.41, 5.74) is 2.59. The molecule has 11 heteroatoms. The number of benzene rings is 3. The van der Waals surface area contributed by atoms with Gasteiger partial charge in [-0.05, 0) is 60.5 Å². The van der Waals surface area contributed by atoms with E-state index >= 15 is 0 Å². The van der Waals surface area contributed by atoms with Crippen molar-refractivity contribution in [1.29, 1.82) is 0 Å². The maximum atomic E-state index is 13.4. The van der Waals surface area contributed by atoms with Crippen LogP contribution >= 0.6 is 27.5 Å². The molecule has 1 aliphatic heterocycles. The summed E-state index contributed by atoms with van der Waals surface area (Å²) in [6, 6.07) is 19.2. The highest BCUT2D eigenvalue weighted by molar-refractivity contribution is 9.10. The van der Waals surface area contributed by atoms with Crippen LogP contribution in [0, 0.1) is 6.92 Å². The van der Waals surface area contributed by atoms with E-state index in [0.717, 1.165) is 21.4 Å². The number of amides is 1. The van der Waals surface area contributed by atoms with Crippen molar-refractivity contribution in [2.75, 3.05) is 11.3 Å². The number of nitrogens with one attached hydrogen (secondary N) is 1. The van der Waals surface area contributed by atoms with Gasteiger partial charge in [0.05, 0.1) is 22.0 Å². The normalized spacial score (nSPS) is 13.3. The van der Waals surface area contributed by atoms with Crippen LogP contribution in [0.1, 0.15) is 33.1 Å². The number of sulfonamides is 1. The van der Waals surface area contributed by atoms with E-state index in [1.165, 1.54) is 18.2 Å². The van der Waals surface area contributed by atoms with Gasteiger partial charge in [0.25, 0.3) is 15.9 Å². The van der Waals surface area contributed by atoms with Crippen LogP contribution in [-0.2, 0) is 29.5 Å². The Balaban J connectivity index is 1.35. The number of aryl methyl sites for hydroxylation is 1. The van der Waals surface area contributed by atoms with Crippen LogP contribution in [0.2, 0.25) is 5.02 Å². The lowest BCUT2D eigenvalue weighted by Gasteiger charge is -2.28. The van der Waals surface area contributed by atoms with E-state index in [0.29, 0.717) is 31.0 Å². The van der Waals surface area contributed by atoms with E-state index in [9.17, 15) is 13.2 Å². The van der Waals surface area contributed by atoms with Crippen molar-refractivity contribution in [3.05, 3.63) is 105 Å². The van der Waals surface area contributed by atoms with Crippen LogP contribution in [0.3, 0.4) is 0 Å². The topological polar surface area (TPSA) is 97.2 Å². The maximum Gasteiger partial charge on any atom is 0.261 e. The third-order valence-electron chi connectivity index (χ3n) is 6.12. The first-order valence-corrected chi connectivity index (χ1v) is 14.2. The fourth-order valence-electron chi connectivity index (χ4n) is 4.28. The van der Waals surface area contributed by atoms with E-state index in [4.69, 9.17) is 11.6 Å². The lowest BCUT2D eigenvalue weighted by atomic mass is 10.1. The molecule has 5 rings (SSSR count). The highest BCUT2D eigenvalue weighted by atomic mass is 79.9. The average Bonchev–Trinajstić information content (AvgIpc) is 3.25. The van der Waals surface area contributed by atoms with Crippen molar-refractivity contribution in [3.63, 3.8) is 0 Å². The average molecular weight is 601 g/mol. The van der Waals surface area contributed by atoms with E-state index in [2.05, 4.69) is 30.8 Å². The molecule has 1 amide bonds. The summed E-state index contributed by atoms with van der Waals surface area (Å²) < 4.78 is 31.6. The fourth-order valence-corrected chi connectivity index (χ4v) is 6.00. The van der Waals surface area contributed by atoms with Gasteiger partial charge in [0.1, 0.15) is 5.82 Å². The Hall–Kier alpha value is -3.21. The number of hydrogen-bond acceptors (Lipinski definition) is 5. The number of carbonyl (C=O) groups is 1. The highest BCUT2D eigenvalue weighted by Gasteiger charge is 2.28. The number of aromatic nitrogens is 3. The maximum absolute atomic E-state index is 13.4. The van der Waals surface area contributed by atoms with Gasteiger partial charge in [0.15, 0.2) is 5.82 Å². The van der Waals surface area contributed by atoms with Crippen LogP contribution in [0.5, 0.6) is 0 Å². The van der Waals surface area contributed by atoms with Gasteiger partial charge < -0.3 is 9.47 Å². The summed E-state index contributed by atoms with van der Waals surface area (Å²) in [5, 5.41) is 8.83. The van der Waals surface area contributed by atoms with Gasteiger partial charge in [-0.2, -0.15) is 0 Å². The Morgan fingerprint density at radius 1 is 1.05 bits per heavy atom. The first-order chi connectivity index (χ1) is 17.7. The minimum atomic E-state index is -3.92. The van der Waals surface area contributed by atoms with Crippen molar-refractivity contribution in [1.82, 2.24) is 19.7 Å². The van der Waals surface area contributed by atoms with E-state index in [-0.39, 0.29) is 27.9 Å². The molecule has 190 valence electrons. The van der Waals surface area contributed by atoms with Crippen molar-refractivity contribution < 1.29 is 13.2 Å². The zero-order valence-electron chi connectivity index (χ0n) is 19.9. The molecule has 0 bridgehead atoms. The van der Waals surface area contributed by atoms with Gasteiger partial charge >= 0.3 is 0 Å². The summed E-state index contributed by atoms with van der Waals surface area (Å²) in [6.45, 7) is 3.07. The van der Waals surface area contributed by atoms with Gasteiger partial charge in [0.2, 0.25) is 0 Å². The number of anilines is 1. The number of hydrogen-bond donors (Lipinski definition) is 1. The first-order valence-electron chi connectivity index (χ1n) is 11.5. The molecule has 0 atom stereocenters. The van der Waals surface area contributed by atoms with Gasteiger partial charge in [-0.1, -0.05) is 51.8 Å². The highest BCUT2D eigenvalue weighted by Crippen LogP contribution is 2.26. The van der Waals surface area contributed by atoms with Crippen LogP contribution in [0.4, 0.5) is 5.69 Å². The Labute approximate surface area is 228 Å². The Kier molecular flexibility index (Phi) is 7.06. The second-order valence-electron chi connectivity index (χ2n) is 8.83. The van der Waals surface area contributed by atoms with E-state index < -0.39 is 10.0 Å². The lowest BCUT2D eigenvalue weighted by Crippen LogP contribution is -2.39. The predicted molar refractivity (Wildman–Crippen MR) is 145 cm³/mol. The standard InChI is InChI=1S/C26H23BrClN5O3S/c1-17-4-2-7-20(12-17)31-37(35,36)21-8-9-23(28)22(15-21)26(34)32-10-11-33-24(29-30-25(33)16-32)14-18-5-3-6-19(27)13-18/h2-9,12-13,15,31H,10-11,14,16H2,1H3. The SMILES string of the molecule is Cc1cccc(NS(=O)(=O)c2ccc(Cl)c(C(=O)N3CCn4c(Cc5cccc(Br)c5)nnc4C3)c2)c1. The monoisotopic (exact) mass is 599 g/mol. The lowest BCUT2D eigenvalue weighted by molar-refractivity contribution is 0.0706. The molecule has 0 fully saturated rings. The van der Waals surface area contributed by atoms with Crippen LogP contribution < -0.4 is 4.72 Å². The minimum absolute atomic E-state index is 0.0433. The quantitative estimate of drug-likeness (QED) is 0.334. The molecule has 4 aromatic rings. The molecule has 0 aliphatic carbocycles. The largest absolute Gasteiger partial charge is 0.329 e. The van der Waals surface area contributed by atoms with Crippen molar-refractivity contribution in [2.45, 2.75) is 31.3 Å². The molecule has 0 unspecified atom stereocenters. The second kappa shape index (κ2) is 10.3. The van der Waals surface area contributed by atoms with E-state index in [1.54, 1.807) is 23.1 Å². The number of halogens is 2. The van der Waals surface area contributed by atoms with Gasteiger partial charge in [-0.25, -0.2) is 8.42 Å². The summed E-state index contributed by atoms with van der Waals surface area (Å²) in [5.74, 6) is 1.14. The third kappa shape index (κ3) is 5.56. The van der Waals surface area contributed by atoms with Crippen LogP contribution in [0.15, 0.2) is 76.1 Å². The smallest absolute Gasteiger partial charge is 0.261 e. The third-order valence-corrected chi connectivity index (χ3v) is 8.32. The van der Waals surface area contributed by atoms with Crippen molar-refractivity contribution >= 4 is 49.1 Å². The zero-order valence-corrected chi connectivity index (χ0v) is 23.0. The van der Waals surface area contributed by atoms with Crippen LogP contribution in [0.25, 0.3) is 0 Å². The summed E-state index contributed by atoms with van der Waals surface area (Å²) >= 11 is 9.84. The zero-order chi connectivity index (χ0) is 26.2. The van der Waals surface area contributed by atoms with Crippen molar-refractivity contribution in [2.24, 2.45) is 0 Å². The molecule has 8 nitrogen and oxygen atoms in total. The molecule has 3 aromatic carbocycles. The van der Waals surface area contributed by atoms with Gasteiger partial charge in [0, 0.05) is 29.7 Å². The molecule has 0 saturated heterocycles. The molecule has 1 aliphatic rings. The van der Waals surface area contributed by atoms with Gasteiger partial charge in [-0.15, -0.1) is 10.2 Å². The Bertz CT molecular complexity index is 1610. The molecule has 1 N–H and O–H groups in total. The van der Waals surface area contributed by atoms with Crippen molar-refractivity contribution in [3.8, 4) is 0 Å². The van der Waals surface area contributed by atoms with E-state index in [1.807, 2.05) is 41.8 Å². The fraction of sp³-hybridized carbons (Fsp3) is 0.192. The Morgan fingerprint density at radius 2 is 1.86 bits per heavy atom. The molecule has 0 spiro atoms. The predicted octanol–water partition coefficient (Wildman–Crippen LogP) is 5.05. The number of nitrogens with zero attached hydrogens (tertiary/aromatic N) is 4. The molecule has 2 heterocycles. The molecule has 37 heavy (non-hydrogen) atoms. The van der Waals surface area contributed by atoms with Crippen LogP contribution in [-0.4, -0.2) is 40.5 Å². The Morgan fingerprint density at radius 3 is 2.65 bits per heavy atom. The number of rotatable bonds is 6. The summed E-state index contributed by atoms with van der Waals surface area (Å²) in [4.78, 5) is 15.0. The summed E-state index contributed by atoms with van der Waals surface area (Å²) in [7, 11) is -3.92. The molecule has 1 aromatic heterocycles. The molecule has 0 radical (unpaired) electrons. The summed E-state index contributed by atoms with van der Waals surface area (Å²) in [6.07, 6.45) is 0.625. The second-order valence-corrected chi connectivity index (χ2v) is 11.8. The molecule has 0 saturated carbocycles. The number of fused-ring (bicyclic) bond motifs is 1. The minimum Gasteiger partial charge on any atom is -0.329 e. The number of carbonyl (C=O) groups excluding carboxylic acids is 1. The first kappa shape index (κ1) is 25.4. The molecular formula is C26H23BrClN5O3S.